The summed E-state index contributed by atoms with van der Waals surface area (Å²) in [5, 5.41) is 0. The number of hydrogen-bond acceptors (Lipinski definition) is 14. The lowest BCUT2D eigenvalue weighted by atomic mass is 10.0. The maximum absolute atomic E-state index is 14.1. The van der Waals surface area contributed by atoms with Gasteiger partial charge in [-0.05, 0) is 107 Å². The van der Waals surface area contributed by atoms with Crippen LogP contribution < -0.4 is 4.74 Å². The molecule has 66 heavy (non-hydrogen) atoms. The second kappa shape index (κ2) is 23.9. The maximum Gasteiger partial charge on any atom is 0.320 e. The molecule has 14 nitrogen and oxygen atoms in total. The summed E-state index contributed by atoms with van der Waals surface area (Å²) in [6.07, 6.45) is 0.0334. The first kappa shape index (κ1) is 55.7. The number of aryl methyl sites for hydroxylation is 1. The van der Waals surface area contributed by atoms with Gasteiger partial charge >= 0.3 is 29.8 Å². The molecule has 0 saturated carbocycles. The molecule has 0 amide bonds. The molecule has 0 radical (unpaired) electrons. The van der Waals surface area contributed by atoms with E-state index >= 15 is 0 Å². The Hall–Kier alpha value is -4.65. The summed E-state index contributed by atoms with van der Waals surface area (Å²) in [7, 11) is 0. The summed E-state index contributed by atoms with van der Waals surface area (Å²) >= 11 is 0. The van der Waals surface area contributed by atoms with Crippen molar-refractivity contribution in [3.05, 3.63) is 64.7 Å². The van der Waals surface area contributed by atoms with E-state index in [0.717, 1.165) is 5.56 Å². The second-order valence-corrected chi connectivity index (χ2v) is 20.5. The quantitative estimate of drug-likeness (QED) is 0.0689. The molecule has 1 aliphatic heterocycles. The number of carbonyl (C=O) groups is 5. The normalized spacial score (nSPS) is 17.0. The Morgan fingerprint density at radius 1 is 0.515 bits per heavy atom. The lowest BCUT2D eigenvalue weighted by Gasteiger charge is -2.39. The van der Waals surface area contributed by atoms with Crippen LogP contribution in [0.15, 0.2) is 30.3 Å². The highest BCUT2D eigenvalue weighted by Gasteiger charge is 2.31. The number of hydrogen-bond donors (Lipinski definition) is 0. The first-order valence-electron chi connectivity index (χ1n) is 22.2. The summed E-state index contributed by atoms with van der Waals surface area (Å²) in [6, 6.07) is 6.69. The minimum Gasteiger partial charge on any atom is -0.459 e. The number of halogens is 4. The van der Waals surface area contributed by atoms with Crippen LogP contribution in [-0.4, -0.2) is 150 Å². The highest BCUT2D eigenvalue weighted by atomic mass is 19.2. The topological polar surface area (TPSA) is 144 Å². The predicted octanol–water partition coefficient (Wildman–Crippen LogP) is 6.28. The zero-order chi connectivity index (χ0) is 49.8. The van der Waals surface area contributed by atoms with E-state index in [1.807, 2.05) is 31.7 Å². The van der Waals surface area contributed by atoms with Gasteiger partial charge in [0.2, 0.25) is 17.4 Å². The van der Waals surface area contributed by atoms with Crippen LogP contribution in [-0.2, 0) is 55.8 Å². The van der Waals surface area contributed by atoms with Gasteiger partial charge in [-0.3, -0.25) is 43.6 Å². The minimum atomic E-state index is -1.82. The Morgan fingerprint density at radius 2 is 0.879 bits per heavy atom. The number of benzene rings is 2. The Balaban J connectivity index is 2.02. The van der Waals surface area contributed by atoms with E-state index in [1.165, 1.54) is 0 Å². The fraction of sp³-hybridized carbons (Fsp3) is 0.646. The van der Waals surface area contributed by atoms with Crippen molar-refractivity contribution in [1.82, 2.24) is 19.6 Å². The molecule has 0 aliphatic carbocycles. The molecule has 0 unspecified atom stereocenters. The van der Waals surface area contributed by atoms with Crippen LogP contribution in [0.4, 0.5) is 17.6 Å². The van der Waals surface area contributed by atoms with Crippen molar-refractivity contribution in [2.24, 2.45) is 0 Å². The van der Waals surface area contributed by atoms with Gasteiger partial charge in [-0.2, -0.15) is 8.78 Å². The molecule has 1 heterocycles. The van der Waals surface area contributed by atoms with Crippen LogP contribution in [0.1, 0.15) is 101 Å². The second-order valence-electron chi connectivity index (χ2n) is 20.5. The van der Waals surface area contributed by atoms with Crippen LogP contribution in [0.5, 0.6) is 5.75 Å². The van der Waals surface area contributed by atoms with Crippen LogP contribution in [0.25, 0.3) is 0 Å². The van der Waals surface area contributed by atoms with Crippen molar-refractivity contribution in [3.8, 4) is 5.75 Å². The zero-order valence-electron chi connectivity index (χ0n) is 40.7. The Labute approximate surface area is 387 Å². The van der Waals surface area contributed by atoms with Crippen molar-refractivity contribution < 1.29 is 65.2 Å². The number of nitrogens with zero attached hydrogens (tertiary/aromatic N) is 4. The average Bonchev–Trinajstić information content (AvgIpc) is 3.14. The smallest absolute Gasteiger partial charge is 0.320 e. The maximum atomic E-state index is 14.1. The van der Waals surface area contributed by atoms with E-state index in [-0.39, 0.29) is 58.2 Å². The minimum absolute atomic E-state index is 0.0189. The summed E-state index contributed by atoms with van der Waals surface area (Å²) in [6.45, 7) is 23.1. The molecule has 2 aromatic carbocycles. The monoisotopic (exact) mass is 939 g/mol. The van der Waals surface area contributed by atoms with E-state index in [4.69, 9.17) is 18.9 Å². The Bertz CT molecular complexity index is 1950. The van der Waals surface area contributed by atoms with Crippen molar-refractivity contribution in [2.75, 3.05) is 72.0 Å². The first-order chi connectivity index (χ1) is 30.3. The molecular formula is C48H70F4N4O10. The van der Waals surface area contributed by atoms with Gasteiger partial charge in [-0.15, -0.1) is 0 Å². The van der Waals surface area contributed by atoms with Crippen molar-refractivity contribution >= 4 is 29.8 Å². The van der Waals surface area contributed by atoms with E-state index in [9.17, 15) is 41.5 Å². The molecule has 370 valence electrons. The summed E-state index contributed by atoms with van der Waals surface area (Å²) in [4.78, 5) is 73.8. The third-order valence-corrected chi connectivity index (χ3v) is 9.62. The molecular weight excluding hydrogens is 869 g/mol. The molecule has 0 bridgehead atoms. The van der Waals surface area contributed by atoms with Gasteiger partial charge in [0.25, 0.3) is 0 Å². The molecule has 1 aliphatic rings. The summed E-state index contributed by atoms with van der Waals surface area (Å²) in [5.74, 6) is -11.4. The van der Waals surface area contributed by atoms with Gasteiger partial charge in [0.15, 0.2) is 11.6 Å². The lowest BCUT2D eigenvalue weighted by Crippen LogP contribution is -2.54. The lowest BCUT2D eigenvalue weighted by molar-refractivity contribution is -0.160. The third-order valence-electron chi connectivity index (χ3n) is 9.62. The van der Waals surface area contributed by atoms with Crippen LogP contribution >= 0.6 is 0 Å². The van der Waals surface area contributed by atoms with Crippen molar-refractivity contribution in [3.63, 3.8) is 0 Å². The predicted molar refractivity (Wildman–Crippen MR) is 238 cm³/mol. The van der Waals surface area contributed by atoms with Gasteiger partial charge < -0.3 is 23.7 Å². The van der Waals surface area contributed by atoms with Crippen molar-refractivity contribution in [1.29, 1.82) is 0 Å². The summed E-state index contributed by atoms with van der Waals surface area (Å²) < 4.78 is 83.2. The highest BCUT2D eigenvalue weighted by Crippen LogP contribution is 2.27. The highest BCUT2D eigenvalue weighted by molar-refractivity contribution is 5.74. The Morgan fingerprint density at radius 3 is 1.30 bits per heavy atom. The SMILES string of the molecule is CC(C)(C)OC(=O)CN1CCN(CC(=O)OC(C)(C)C)CCN(CC(=O)OC(C)(C)C)[C@@H](Cc2ccc(CCC(=O)Oc3c(F)c(F)cc(F)c3F)cc2)CN(CC(=O)OC(C)(C)C)CC1. The standard InChI is InChI=1S/C48H70F4N4O10/c1-45(2,3)63-38(58)28-53-19-20-54(29-39(59)64-46(4,5)6)23-24-56(31-41(61)66-48(10,11)12)34(27-55(22-21-53)30-40(60)65-47(7,8)9)25-33-15-13-32(14-16-33)17-18-37(57)62-44-42(51)35(49)26-36(50)43(44)52/h13-16,26,34H,17-25,27-31H2,1-12H3/t34-/m0/s1. The molecule has 18 heteroatoms. The van der Waals surface area contributed by atoms with E-state index in [0.29, 0.717) is 44.7 Å². The molecule has 1 fully saturated rings. The van der Waals surface area contributed by atoms with Gasteiger partial charge in [-0.25, -0.2) is 8.78 Å². The van der Waals surface area contributed by atoms with E-state index < -0.39 is 87.3 Å². The molecule has 0 N–H and O–H groups in total. The van der Waals surface area contributed by atoms with Crippen molar-refractivity contribution in [2.45, 2.75) is 131 Å². The fourth-order valence-electron chi connectivity index (χ4n) is 6.98. The first-order valence-corrected chi connectivity index (χ1v) is 22.2. The molecule has 0 spiro atoms. The molecule has 3 rings (SSSR count). The molecule has 1 atom stereocenters. The van der Waals surface area contributed by atoms with Gasteiger partial charge in [0.1, 0.15) is 22.4 Å². The molecule has 2 aromatic rings. The number of esters is 5. The number of ether oxygens (including phenoxy) is 5. The van der Waals surface area contributed by atoms with Gasteiger partial charge in [-0.1, -0.05) is 24.3 Å². The molecule has 1 saturated heterocycles. The molecule has 0 aromatic heterocycles. The Kier molecular flexibility index (Phi) is 20.1. The van der Waals surface area contributed by atoms with Crippen LogP contribution in [0.2, 0.25) is 0 Å². The zero-order valence-corrected chi connectivity index (χ0v) is 40.7. The summed E-state index contributed by atoms with van der Waals surface area (Å²) in [5.41, 5.74) is -1.58. The van der Waals surface area contributed by atoms with Gasteiger partial charge in [0, 0.05) is 64.3 Å². The number of carbonyl (C=O) groups excluding carboxylic acids is 5. The van der Waals surface area contributed by atoms with Gasteiger partial charge in [0.05, 0.1) is 26.2 Å². The largest absolute Gasteiger partial charge is 0.459 e. The number of rotatable bonds is 14. The van der Waals surface area contributed by atoms with Crippen LogP contribution in [0.3, 0.4) is 0 Å². The van der Waals surface area contributed by atoms with E-state index in [1.54, 1.807) is 95.2 Å². The van der Waals surface area contributed by atoms with E-state index in [2.05, 4.69) is 4.74 Å². The third kappa shape index (κ3) is 21.3. The average molecular weight is 939 g/mol. The fourth-order valence-corrected chi connectivity index (χ4v) is 6.98. The van der Waals surface area contributed by atoms with Crippen LogP contribution in [0, 0.1) is 23.3 Å².